The molecule has 1 spiro atoms. The summed E-state index contributed by atoms with van der Waals surface area (Å²) in [4.78, 5) is 23.1. The number of phenolic OH excluding ortho intramolecular Hbond substituents is 2. The van der Waals surface area contributed by atoms with Gasteiger partial charge in [-0.15, -0.1) is 10.2 Å². The molecule has 3 aromatic rings. The van der Waals surface area contributed by atoms with Crippen LogP contribution in [0.2, 0.25) is 0 Å². The average molecular weight is 737 g/mol. The Labute approximate surface area is 309 Å². The highest BCUT2D eigenvalue weighted by atomic mass is 19.4. The minimum Gasteiger partial charge on any atom is -0.508 e. The second-order valence-electron chi connectivity index (χ2n) is 15.6. The Morgan fingerprint density at radius 3 is 2.23 bits per heavy atom. The summed E-state index contributed by atoms with van der Waals surface area (Å²) in [6.45, 7) is 12.9. The topological polar surface area (TPSA) is 113 Å². The number of aromatic hydroxyl groups is 2. The first-order valence-electron chi connectivity index (χ1n) is 18.9. The molecule has 5 heterocycles. The Balaban J connectivity index is 0.933. The number of phenols is 2. The van der Waals surface area contributed by atoms with Crippen molar-refractivity contribution in [3.63, 3.8) is 0 Å². The molecular weight excluding hydrogens is 685 g/mol. The average Bonchev–Trinajstić information content (AvgIpc) is 3.78. The first-order valence-corrected chi connectivity index (χ1v) is 18.9. The fraction of sp³-hybridized carbons (Fsp3) is 0.564. The van der Waals surface area contributed by atoms with Gasteiger partial charge < -0.3 is 25.3 Å². The summed E-state index contributed by atoms with van der Waals surface area (Å²) in [7, 11) is 2.24. The van der Waals surface area contributed by atoms with Crippen LogP contribution in [0.15, 0.2) is 54.7 Å². The van der Waals surface area contributed by atoms with Crippen LogP contribution in [0, 0.1) is 11.3 Å². The predicted octanol–water partition coefficient (Wildman–Crippen LogP) is 5.25. The third-order valence-corrected chi connectivity index (χ3v) is 12.2. The molecule has 0 radical (unpaired) electrons. The lowest BCUT2D eigenvalue weighted by molar-refractivity contribution is -0.123. The molecule has 14 heteroatoms. The van der Waals surface area contributed by atoms with E-state index < -0.39 is 18.6 Å². The van der Waals surface area contributed by atoms with E-state index in [4.69, 9.17) is 0 Å². The van der Waals surface area contributed by atoms with Crippen molar-refractivity contribution >= 4 is 5.91 Å². The van der Waals surface area contributed by atoms with Crippen molar-refractivity contribution in [3.05, 3.63) is 66.1 Å². The molecular formula is C39H51F3N8O3. The van der Waals surface area contributed by atoms with Crippen LogP contribution in [0.5, 0.6) is 11.5 Å². The number of likely N-dealkylation sites (N-methyl/N-ethyl adjacent to an activating group) is 1. The van der Waals surface area contributed by atoms with Gasteiger partial charge in [-0.3, -0.25) is 19.2 Å². The molecule has 0 bridgehead atoms. The zero-order valence-electron chi connectivity index (χ0n) is 30.5. The Kier molecular flexibility index (Phi) is 10.7. The summed E-state index contributed by atoms with van der Waals surface area (Å²) in [5.74, 6) is -1.42. The number of hydrogen-bond donors (Lipinski definition) is 3. The molecule has 4 fully saturated rings. The third kappa shape index (κ3) is 8.49. The number of carbonyl (C=O) groups excluding carboxylic acids is 1. The van der Waals surface area contributed by atoms with Gasteiger partial charge in [0.05, 0.1) is 5.56 Å². The van der Waals surface area contributed by atoms with E-state index in [1.54, 1.807) is 12.1 Å². The van der Waals surface area contributed by atoms with E-state index in [0.29, 0.717) is 17.0 Å². The second kappa shape index (κ2) is 15.3. The van der Waals surface area contributed by atoms with Gasteiger partial charge in [0, 0.05) is 55.6 Å². The Hall–Kier alpha value is -4.14. The number of halogens is 3. The van der Waals surface area contributed by atoms with E-state index in [2.05, 4.69) is 43.4 Å². The van der Waals surface area contributed by atoms with E-state index in [1.165, 1.54) is 80.7 Å². The lowest BCUT2D eigenvalue weighted by Crippen LogP contribution is -2.50. The molecule has 3 N–H and O–H groups in total. The van der Waals surface area contributed by atoms with Gasteiger partial charge in [-0.05, 0) is 120 Å². The van der Waals surface area contributed by atoms with Crippen LogP contribution < -0.4 is 5.32 Å². The molecule has 4 saturated heterocycles. The van der Waals surface area contributed by atoms with Gasteiger partial charge in [0.15, 0.2) is 5.82 Å². The van der Waals surface area contributed by atoms with E-state index >= 15 is 0 Å². The van der Waals surface area contributed by atoms with Crippen LogP contribution in [0.25, 0.3) is 17.1 Å². The monoisotopic (exact) mass is 736 g/mol. The number of piperidine rings is 3. The molecule has 0 unspecified atom stereocenters. The number of benzene rings is 2. The van der Waals surface area contributed by atoms with Gasteiger partial charge in [-0.25, -0.2) is 0 Å². The zero-order valence-corrected chi connectivity index (χ0v) is 30.5. The molecule has 2 aromatic carbocycles. The largest absolute Gasteiger partial charge is 0.508 e. The number of nitrogens with zero attached hydrogens (tertiary/aromatic N) is 7. The van der Waals surface area contributed by atoms with Gasteiger partial charge in [-0.1, -0.05) is 18.7 Å². The number of nitrogens with one attached hydrogen (secondary N) is 1. The lowest BCUT2D eigenvalue weighted by atomic mass is 9.70. The number of allylic oxidation sites excluding steroid dienone is 1. The molecule has 0 aliphatic carbocycles. The van der Waals surface area contributed by atoms with Crippen LogP contribution in [0.4, 0.5) is 13.2 Å². The van der Waals surface area contributed by atoms with Crippen LogP contribution >= 0.6 is 0 Å². The maximum Gasteiger partial charge on any atom is 0.405 e. The number of alkyl halides is 3. The van der Waals surface area contributed by atoms with Crippen molar-refractivity contribution in [2.45, 2.75) is 63.7 Å². The lowest BCUT2D eigenvalue weighted by Gasteiger charge is -2.49. The molecule has 1 aromatic heterocycles. The van der Waals surface area contributed by atoms with Gasteiger partial charge in [0.1, 0.15) is 18.0 Å². The van der Waals surface area contributed by atoms with Crippen LogP contribution in [-0.2, 0) is 6.54 Å². The predicted molar refractivity (Wildman–Crippen MR) is 196 cm³/mol. The molecule has 1 amide bonds. The molecule has 1 atom stereocenters. The van der Waals surface area contributed by atoms with E-state index in [1.807, 2.05) is 17.4 Å². The van der Waals surface area contributed by atoms with E-state index in [-0.39, 0.29) is 28.7 Å². The highest BCUT2D eigenvalue weighted by Gasteiger charge is 2.40. The molecule has 4 aliphatic rings. The summed E-state index contributed by atoms with van der Waals surface area (Å²) in [6.07, 6.45) is 4.01. The Morgan fingerprint density at radius 2 is 1.60 bits per heavy atom. The second-order valence-corrected chi connectivity index (χ2v) is 15.6. The quantitative estimate of drug-likeness (QED) is 0.272. The van der Waals surface area contributed by atoms with Crippen molar-refractivity contribution in [2.75, 3.05) is 66.0 Å². The van der Waals surface area contributed by atoms with Crippen LogP contribution in [0.1, 0.15) is 61.1 Å². The van der Waals surface area contributed by atoms with Crippen LogP contribution in [0.3, 0.4) is 0 Å². The summed E-state index contributed by atoms with van der Waals surface area (Å²) >= 11 is 0. The number of aromatic nitrogens is 3. The minimum atomic E-state index is -4.61. The molecule has 0 saturated carbocycles. The fourth-order valence-electron chi connectivity index (χ4n) is 8.85. The van der Waals surface area contributed by atoms with Crippen molar-refractivity contribution < 1.29 is 28.2 Å². The van der Waals surface area contributed by atoms with E-state index in [9.17, 15) is 28.2 Å². The smallest absolute Gasteiger partial charge is 0.405 e. The van der Waals surface area contributed by atoms with Crippen molar-refractivity contribution in [3.8, 4) is 28.6 Å². The summed E-state index contributed by atoms with van der Waals surface area (Å²) in [5, 5.41) is 30.1. The highest BCUT2D eigenvalue weighted by molar-refractivity contribution is 5.92. The number of amides is 1. The maximum atomic E-state index is 12.9. The summed E-state index contributed by atoms with van der Waals surface area (Å²) < 4.78 is 40.0. The first kappa shape index (κ1) is 37.2. The van der Waals surface area contributed by atoms with E-state index in [0.717, 1.165) is 63.2 Å². The number of carbonyl (C=O) groups is 1. The maximum absolute atomic E-state index is 12.9. The highest BCUT2D eigenvalue weighted by Crippen LogP contribution is 2.43. The normalized spacial score (nSPS) is 22.0. The van der Waals surface area contributed by atoms with Crippen molar-refractivity contribution in [1.82, 2.24) is 39.7 Å². The summed E-state index contributed by atoms with van der Waals surface area (Å²) in [6, 6.07) is 11.9. The standard InChI is InChI=1S/C39H51F3N8O3/c1-27(48-19-12-38(13-20-48)14-21-49(22-15-38)31-11-16-46(2)25-31)29-9-17-47(18-10-29)24-28-3-5-30(6-4-28)50-35(33-8-7-32(51)23-34(33)52)44-45-36(50)37(53)43-26-39(40,41)42/h3-8,23,29,31,51-52H,1,9-22,24-26H2,2H3,(H,43,53)/t31-/m0/s1. The first-order chi connectivity index (χ1) is 25.4. The third-order valence-electron chi connectivity index (χ3n) is 12.2. The SMILES string of the molecule is C=C(C1CCN(Cc2ccc(-n3c(C(=O)NCC(F)(F)F)nnc3-c3ccc(O)cc3O)cc2)CC1)N1CCC2(CC1)CCN([C@H]1CCN(C)C1)CC2. The van der Waals surface area contributed by atoms with Gasteiger partial charge in [-0.2, -0.15) is 13.2 Å². The van der Waals surface area contributed by atoms with Gasteiger partial charge in [0.2, 0.25) is 5.82 Å². The zero-order chi connectivity index (χ0) is 37.3. The Bertz CT molecular complexity index is 1750. The van der Waals surface area contributed by atoms with Crippen LogP contribution in [-0.4, -0.2) is 129 Å². The number of hydrogen-bond acceptors (Lipinski definition) is 9. The number of likely N-dealkylation sites (tertiary alicyclic amines) is 4. The van der Waals surface area contributed by atoms with Gasteiger partial charge >= 0.3 is 6.18 Å². The van der Waals surface area contributed by atoms with Crippen molar-refractivity contribution in [1.29, 1.82) is 0 Å². The Morgan fingerprint density at radius 1 is 0.925 bits per heavy atom. The minimum absolute atomic E-state index is 0.0384. The molecule has 11 nitrogen and oxygen atoms in total. The molecule has 53 heavy (non-hydrogen) atoms. The van der Waals surface area contributed by atoms with Gasteiger partial charge in [0.25, 0.3) is 5.91 Å². The summed E-state index contributed by atoms with van der Waals surface area (Å²) in [5.41, 5.74) is 3.43. The molecule has 286 valence electrons. The fourth-order valence-corrected chi connectivity index (χ4v) is 8.85. The molecule has 4 aliphatic heterocycles. The molecule has 7 rings (SSSR count). The van der Waals surface area contributed by atoms with Crippen molar-refractivity contribution in [2.24, 2.45) is 11.3 Å². The number of rotatable bonds is 9.